The lowest BCUT2D eigenvalue weighted by molar-refractivity contribution is -0.134. The van der Waals surface area contributed by atoms with Gasteiger partial charge in [-0.25, -0.2) is 0 Å². The van der Waals surface area contributed by atoms with Crippen LogP contribution in [0, 0.1) is 5.41 Å². The first-order chi connectivity index (χ1) is 11.0. The van der Waals surface area contributed by atoms with E-state index in [0.29, 0.717) is 31.9 Å². The first kappa shape index (κ1) is 17.5. The van der Waals surface area contributed by atoms with Crippen LogP contribution in [0.3, 0.4) is 0 Å². The normalized spacial score (nSPS) is 15.3. The minimum atomic E-state index is -0.885. The summed E-state index contributed by atoms with van der Waals surface area (Å²) in [6, 6.07) is 7.79. The molecule has 0 bridgehead atoms. The topological polar surface area (TPSA) is 67.4 Å². The zero-order chi connectivity index (χ0) is 16.9. The summed E-state index contributed by atoms with van der Waals surface area (Å²) in [6.07, 6.45) is 1.97. The lowest BCUT2D eigenvalue weighted by Crippen LogP contribution is -2.40. The quantitative estimate of drug-likeness (QED) is 0.572. The van der Waals surface area contributed by atoms with E-state index in [2.05, 4.69) is 24.5 Å². The maximum absolute atomic E-state index is 12.4. The average Bonchev–Trinajstić information content (AvgIpc) is 3.34. The Bertz CT molecular complexity index is 548. The molecule has 0 saturated heterocycles. The standard InChI is InChI=1S/C18H26N2O3/c1-13(2)14-5-7-15(8-6-14)20-17(22)18(9-10-18)16(21)19-11-4-12-23-3/h5-8,13H,4,9-12H2,1-3H3,(H,19,21)(H,20,22). The van der Waals surface area contributed by atoms with Crippen molar-refractivity contribution in [1.82, 2.24) is 5.32 Å². The molecule has 2 amide bonds. The van der Waals surface area contributed by atoms with Gasteiger partial charge in [-0.1, -0.05) is 26.0 Å². The third kappa shape index (κ3) is 4.32. The number of carbonyl (C=O) groups excluding carboxylic acids is 2. The largest absolute Gasteiger partial charge is 0.385 e. The summed E-state index contributed by atoms with van der Waals surface area (Å²) in [4.78, 5) is 24.7. The number of ether oxygens (including phenoxy) is 1. The Kier molecular flexibility index (Phi) is 5.77. The summed E-state index contributed by atoms with van der Waals surface area (Å²) in [7, 11) is 1.63. The van der Waals surface area contributed by atoms with Gasteiger partial charge >= 0.3 is 0 Å². The lowest BCUT2D eigenvalue weighted by atomic mass is 10.0. The molecule has 1 saturated carbocycles. The lowest BCUT2D eigenvalue weighted by Gasteiger charge is -2.16. The Hall–Kier alpha value is -1.88. The molecule has 23 heavy (non-hydrogen) atoms. The van der Waals surface area contributed by atoms with Crippen molar-refractivity contribution in [3.05, 3.63) is 29.8 Å². The first-order valence-electron chi connectivity index (χ1n) is 8.18. The van der Waals surface area contributed by atoms with Crippen molar-refractivity contribution in [2.45, 2.75) is 39.0 Å². The number of rotatable bonds is 8. The fourth-order valence-electron chi connectivity index (χ4n) is 2.47. The van der Waals surface area contributed by atoms with Crippen LogP contribution in [-0.2, 0) is 14.3 Å². The van der Waals surface area contributed by atoms with Crippen LogP contribution < -0.4 is 10.6 Å². The second-order valence-corrected chi connectivity index (χ2v) is 6.42. The Labute approximate surface area is 137 Å². The molecule has 1 aromatic rings. The Morgan fingerprint density at radius 3 is 2.35 bits per heavy atom. The highest BCUT2D eigenvalue weighted by atomic mass is 16.5. The Morgan fingerprint density at radius 1 is 1.17 bits per heavy atom. The fraction of sp³-hybridized carbons (Fsp3) is 0.556. The summed E-state index contributed by atoms with van der Waals surface area (Å²) < 4.78 is 4.95. The molecule has 1 aliphatic rings. The third-order valence-corrected chi connectivity index (χ3v) is 4.27. The van der Waals surface area contributed by atoms with Crippen molar-refractivity contribution in [1.29, 1.82) is 0 Å². The minimum Gasteiger partial charge on any atom is -0.385 e. The zero-order valence-electron chi connectivity index (χ0n) is 14.1. The predicted octanol–water partition coefficient (Wildman–Crippen LogP) is 2.68. The third-order valence-electron chi connectivity index (χ3n) is 4.27. The highest BCUT2D eigenvalue weighted by molar-refractivity contribution is 6.13. The maximum Gasteiger partial charge on any atom is 0.240 e. The van der Waals surface area contributed by atoms with Crippen molar-refractivity contribution in [2.24, 2.45) is 5.41 Å². The number of amides is 2. The van der Waals surface area contributed by atoms with E-state index in [4.69, 9.17) is 4.74 Å². The molecule has 0 spiro atoms. The molecular formula is C18H26N2O3. The van der Waals surface area contributed by atoms with Gasteiger partial charge in [0, 0.05) is 25.9 Å². The van der Waals surface area contributed by atoms with Crippen LogP contribution in [0.15, 0.2) is 24.3 Å². The van der Waals surface area contributed by atoms with Crippen molar-refractivity contribution in [3.63, 3.8) is 0 Å². The number of methoxy groups -OCH3 is 1. The molecule has 0 unspecified atom stereocenters. The van der Waals surface area contributed by atoms with E-state index in [9.17, 15) is 9.59 Å². The second kappa shape index (κ2) is 7.59. The van der Waals surface area contributed by atoms with Crippen LogP contribution in [-0.4, -0.2) is 32.1 Å². The number of nitrogens with one attached hydrogen (secondary N) is 2. The van der Waals surface area contributed by atoms with Gasteiger partial charge in [0.1, 0.15) is 5.41 Å². The van der Waals surface area contributed by atoms with Gasteiger partial charge in [-0.2, -0.15) is 0 Å². The molecule has 2 N–H and O–H groups in total. The molecule has 0 atom stereocenters. The monoisotopic (exact) mass is 318 g/mol. The molecule has 5 nitrogen and oxygen atoms in total. The van der Waals surface area contributed by atoms with E-state index >= 15 is 0 Å². The van der Waals surface area contributed by atoms with Crippen LogP contribution in [0.1, 0.15) is 44.6 Å². The van der Waals surface area contributed by atoms with Crippen LogP contribution in [0.25, 0.3) is 0 Å². The summed E-state index contributed by atoms with van der Waals surface area (Å²) >= 11 is 0. The molecule has 1 aromatic carbocycles. The molecule has 0 radical (unpaired) electrons. The second-order valence-electron chi connectivity index (χ2n) is 6.42. The highest BCUT2D eigenvalue weighted by Gasteiger charge is 2.56. The number of hydrogen-bond acceptors (Lipinski definition) is 3. The van der Waals surface area contributed by atoms with Crippen molar-refractivity contribution in [2.75, 3.05) is 25.6 Å². The van der Waals surface area contributed by atoms with Crippen molar-refractivity contribution in [3.8, 4) is 0 Å². The average molecular weight is 318 g/mol. The van der Waals surface area contributed by atoms with E-state index < -0.39 is 5.41 Å². The van der Waals surface area contributed by atoms with Gasteiger partial charge in [-0.3, -0.25) is 9.59 Å². The Morgan fingerprint density at radius 2 is 1.83 bits per heavy atom. The summed E-state index contributed by atoms with van der Waals surface area (Å²) in [5, 5.41) is 5.70. The molecule has 126 valence electrons. The highest BCUT2D eigenvalue weighted by Crippen LogP contribution is 2.46. The van der Waals surface area contributed by atoms with Gasteiger partial charge in [0.05, 0.1) is 0 Å². The van der Waals surface area contributed by atoms with Gasteiger partial charge < -0.3 is 15.4 Å². The molecule has 1 fully saturated rings. The number of hydrogen-bond donors (Lipinski definition) is 2. The van der Waals surface area contributed by atoms with Crippen molar-refractivity contribution >= 4 is 17.5 Å². The molecular weight excluding hydrogens is 292 g/mol. The molecule has 2 rings (SSSR count). The fourth-order valence-corrected chi connectivity index (χ4v) is 2.47. The first-order valence-corrected chi connectivity index (χ1v) is 8.18. The number of anilines is 1. The maximum atomic E-state index is 12.4. The molecule has 0 aromatic heterocycles. The molecule has 1 aliphatic carbocycles. The SMILES string of the molecule is COCCCNC(=O)C1(C(=O)Nc2ccc(C(C)C)cc2)CC1. The minimum absolute atomic E-state index is 0.176. The van der Waals surface area contributed by atoms with Gasteiger partial charge in [0.15, 0.2) is 0 Å². The van der Waals surface area contributed by atoms with E-state index in [-0.39, 0.29) is 11.8 Å². The molecule has 0 aliphatic heterocycles. The molecule has 0 heterocycles. The predicted molar refractivity (Wildman–Crippen MR) is 90.3 cm³/mol. The van der Waals surface area contributed by atoms with Gasteiger partial charge in [0.2, 0.25) is 11.8 Å². The van der Waals surface area contributed by atoms with Gasteiger partial charge in [-0.05, 0) is 42.9 Å². The van der Waals surface area contributed by atoms with Crippen LogP contribution in [0.4, 0.5) is 5.69 Å². The summed E-state index contributed by atoms with van der Waals surface area (Å²) in [5.74, 6) is 0.0661. The zero-order valence-corrected chi connectivity index (χ0v) is 14.1. The summed E-state index contributed by atoms with van der Waals surface area (Å²) in [6.45, 7) is 5.38. The molecule has 5 heteroatoms. The summed E-state index contributed by atoms with van der Waals surface area (Å²) in [5.41, 5.74) is 1.07. The van der Waals surface area contributed by atoms with Crippen molar-refractivity contribution < 1.29 is 14.3 Å². The van der Waals surface area contributed by atoms with Gasteiger partial charge in [-0.15, -0.1) is 0 Å². The van der Waals surface area contributed by atoms with Crippen LogP contribution in [0.5, 0.6) is 0 Å². The number of benzene rings is 1. The van der Waals surface area contributed by atoms with E-state index in [0.717, 1.165) is 12.1 Å². The van der Waals surface area contributed by atoms with Crippen LogP contribution >= 0.6 is 0 Å². The smallest absolute Gasteiger partial charge is 0.240 e. The van der Waals surface area contributed by atoms with E-state index in [1.54, 1.807) is 7.11 Å². The number of carbonyl (C=O) groups is 2. The van der Waals surface area contributed by atoms with E-state index in [1.807, 2.05) is 24.3 Å². The van der Waals surface area contributed by atoms with Crippen LogP contribution in [0.2, 0.25) is 0 Å². The van der Waals surface area contributed by atoms with Gasteiger partial charge in [0.25, 0.3) is 0 Å². The van der Waals surface area contributed by atoms with E-state index in [1.165, 1.54) is 5.56 Å². The Balaban J connectivity index is 1.90.